The molecular formula is C25H28N4O3. The first-order valence-electron chi connectivity index (χ1n) is 10.9. The van der Waals surface area contributed by atoms with Crippen molar-refractivity contribution in [3.8, 4) is 5.75 Å². The van der Waals surface area contributed by atoms with E-state index in [1.807, 2.05) is 54.6 Å². The van der Waals surface area contributed by atoms with Gasteiger partial charge in [0.05, 0.1) is 31.5 Å². The molecule has 1 amide bonds. The third-order valence-corrected chi connectivity index (χ3v) is 5.81. The van der Waals surface area contributed by atoms with E-state index in [9.17, 15) is 9.59 Å². The maximum Gasteiger partial charge on any atom is 0.269 e. The molecule has 7 nitrogen and oxygen atoms in total. The van der Waals surface area contributed by atoms with Gasteiger partial charge in [-0.3, -0.25) is 9.59 Å². The van der Waals surface area contributed by atoms with Crippen LogP contribution in [0.1, 0.15) is 24.0 Å². The normalized spacial score (nSPS) is 15.9. The lowest BCUT2D eigenvalue weighted by atomic mass is 9.96. The molecule has 1 aliphatic rings. The number of benzene rings is 2. The summed E-state index contributed by atoms with van der Waals surface area (Å²) >= 11 is 0. The van der Waals surface area contributed by atoms with Crippen LogP contribution in [0.2, 0.25) is 0 Å². The smallest absolute Gasteiger partial charge is 0.269 e. The fourth-order valence-electron chi connectivity index (χ4n) is 3.97. The van der Waals surface area contributed by atoms with E-state index in [2.05, 4.69) is 15.3 Å². The van der Waals surface area contributed by atoms with Crippen molar-refractivity contribution in [2.24, 2.45) is 5.92 Å². The summed E-state index contributed by atoms with van der Waals surface area (Å²) in [6.45, 7) is 2.32. The van der Waals surface area contributed by atoms with Crippen molar-refractivity contribution >= 4 is 11.6 Å². The number of piperidine rings is 1. The van der Waals surface area contributed by atoms with Crippen molar-refractivity contribution in [1.29, 1.82) is 0 Å². The largest absolute Gasteiger partial charge is 0.497 e. The van der Waals surface area contributed by atoms with Gasteiger partial charge in [-0.2, -0.15) is 5.10 Å². The SMILES string of the molecule is COc1ccc(CNC(=O)[C@H]2CCCN(c3cnn(Cc4ccccc4)c(=O)c3)C2)cc1. The molecule has 1 N–H and O–H groups in total. The Kier molecular flexibility index (Phi) is 6.84. The summed E-state index contributed by atoms with van der Waals surface area (Å²) in [6.07, 6.45) is 3.46. The highest BCUT2D eigenvalue weighted by Gasteiger charge is 2.26. The summed E-state index contributed by atoms with van der Waals surface area (Å²) in [7, 11) is 1.63. The first-order chi connectivity index (χ1) is 15.6. The molecular weight excluding hydrogens is 404 g/mol. The van der Waals surface area contributed by atoms with Gasteiger partial charge in [-0.1, -0.05) is 42.5 Å². The molecule has 0 aliphatic carbocycles. The molecule has 32 heavy (non-hydrogen) atoms. The molecule has 0 unspecified atom stereocenters. The van der Waals surface area contributed by atoms with Gasteiger partial charge in [0, 0.05) is 25.7 Å². The summed E-state index contributed by atoms with van der Waals surface area (Å²) in [5, 5.41) is 7.40. The van der Waals surface area contributed by atoms with E-state index in [1.165, 1.54) is 4.68 Å². The molecule has 0 radical (unpaired) electrons. The average molecular weight is 433 g/mol. The summed E-state index contributed by atoms with van der Waals surface area (Å²) in [4.78, 5) is 27.4. The van der Waals surface area contributed by atoms with Crippen molar-refractivity contribution in [3.05, 3.63) is 88.3 Å². The second kappa shape index (κ2) is 10.1. The molecule has 0 spiro atoms. The zero-order valence-corrected chi connectivity index (χ0v) is 18.2. The summed E-state index contributed by atoms with van der Waals surface area (Å²) < 4.78 is 6.63. The molecule has 0 bridgehead atoms. The molecule has 1 fully saturated rings. The fourth-order valence-corrected chi connectivity index (χ4v) is 3.97. The molecule has 166 valence electrons. The first kappa shape index (κ1) is 21.6. The Labute approximate surface area is 187 Å². The molecule has 4 rings (SSSR count). The van der Waals surface area contributed by atoms with Gasteiger partial charge in [0.25, 0.3) is 5.56 Å². The number of nitrogens with zero attached hydrogens (tertiary/aromatic N) is 3. The summed E-state index contributed by atoms with van der Waals surface area (Å²) in [6, 6.07) is 19.1. The van der Waals surface area contributed by atoms with Crippen LogP contribution in [0.4, 0.5) is 5.69 Å². The Morgan fingerprint density at radius 3 is 2.62 bits per heavy atom. The molecule has 1 aromatic heterocycles. The minimum atomic E-state index is -0.141. The van der Waals surface area contributed by atoms with Gasteiger partial charge in [-0.25, -0.2) is 4.68 Å². The number of ether oxygens (including phenoxy) is 1. The Hall–Kier alpha value is -3.61. The van der Waals surface area contributed by atoms with Gasteiger partial charge in [0.2, 0.25) is 5.91 Å². The minimum Gasteiger partial charge on any atom is -0.497 e. The monoisotopic (exact) mass is 432 g/mol. The van der Waals surface area contributed by atoms with Crippen LogP contribution in [0, 0.1) is 5.92 Å². The van der Waals surface area contributed by atoms with Gasteiger partial charge < -0.3 is 15.0 Å². The second-order valence-corrected chi connectivity index (χ2v) is 8.05. The number of methoxy groups -OCH3 is 1. The van der Waals surface area contributed by atoms with E-state index in [0.717, 1.165) is 42.0 Å². The highest BCUT2D eigenvalue weighted by molar-refractivity contribution is 5.79. The maximum absolute atomic E-state index is 12.8. The quantitative estimate of drug-likeness (QED) is 0.621. The average Bonchev–Trinajstić information content (AvgIpc) is 2.85. The van der Waals surface area contributed by atoms with Crippen molar-refractivity contribution in [3.63, 3.8) is 0 Å². The Bertz CT molecular complexity index is 1100. The lowest BCUT2D eigenvalue weighted by Crippen LogP contribution is -2.43. The van der Waals surface area contributed by atoms with Crippen LogP contribution in [-0.2, 0) is 17.9 Å². The van der Waals surface area contributed by atoms with Gasteiger partial charge >= 0.3 is 0 Å². The van der Waals surface area contributed by atoms with Crippen molar-refractivity contribution in [2.45, 2.75) is 25.9 Å². The van der Waals surface area contributed by atoms with Crippen molar-refractivity contribution in [2.75, 3.05) is 25.1 Å². The molecule has 7 heteroatoms. The number of nitrogens with one attached hydrogen (secondary N) is 1. The van der Waals surface area contributed by atoms with Crippen LogP contribution >= 0.6 is 0 Å². The van der Waals surface area contributed by atoms with E-state index in [1.54, 1.807) is 19.4 Å². The van der Waals surface area contributed by atoms with Crippen molar-refractivity contribution in [1.82, 2.24) is 15.1 Å². The third-order valence-electron chi connectivity index (χ3n) is 5.81. The van der Waals surface area contributed by atoms with Crippen LogP contribution in [0.5, 0.6) is 5.75 Å². The van der Waals surface area contributed by atoms with E-state index in [-0.39, 0.29) is 17.4 Å². The van der Waals surface area contributed by atoms with Crippen LogP contribution in [0.25, 0.3) is 0 Å². The lowest BCUT2D eigenvalue weighted by molar-refractivity contribution is -0.125. The third kappa shape index (κ3) is 5.35. The Morgan fingerprint density at radius 2 is 1.91 bits per heavy atom. The number of aromatic nitrogens is 2. The standard InChI is InChI=1S/C25H28N4O3/c1-32-23-11-9-19(10-12-23)15-26-25(31)21-8-5-13-28(18-21)22-14-24(30)29(27-16-22)17-20-6-3-2-4-7-20/h2-4,6-7,9-12,14,16,21H,5,8,13,15,17-18H2,1H3,(H,26,31)/t21-/m0/s1. The topological polar surface area (TPSA) is 76.5 Å². The lowest BCUT2D eigenvalue weighted by Gasteiger charge is -2.33. The van der Waals surface area contributed by atoms with Gasteiger partial charge in [0.15, 0.2) is 0 Å². The molecule has 0 saturated carbocycles. The van der Waals surface area contributed by atoms with E-state index >= 15 is 0 Å². The predicted octanol–water partition coefficient (Wildman–Crippen LogP) is 2.83. The first-order valence-corrected chi connectivity index (χ1v) is 10.9. The summed E-state index contributed by atoms with van der Waals surface area (Å²) in [5.41, 5.74) is 2.68. The Morgan fingerprint density at radius 1 is 1.12 bits per heavy atom. The molecule has 3 aromatic rings. The molecule has 1 atom stereocenters. The van der Waals surface area contributed by atoms with Crippen LogP contribution in [0.15, 0.2) is 71.7 Å². The molecule has 1 saturated heterocycles. The number of carbonyl (C=O) groups excluding carboxylic acids is 1. The van der Waals surface area contributed by atoms with Crippen LogP contribution in [-0.4, -0.2) is 35.9 Å². The van der Waals surface area contributed by atoms with Gasteiger partial charge in [0.1, 0.15) is 5.75 Å². The number of amides is 1. The number of hydrogen-bond acceptors (Lipinski definition) is 5. The predicted molar refractivity (Wildman–Crippen MR) is 124 cm³/mol. The Balaban J connectivity index is 1.36. The molecule has 2 aromatic carbocycles. The van der Waals surface area contributed by atoms with Crippen LogP contribution < -0.4 is 20.5 Å². The van der Waals surface area contributed by atoms with E-state index in [4.69, 9.17) is 4.74 Å². The van der Waals surface area contributed by atoms with Crippen LogP contribution in [0.3, 0.4) is 0 Å². The van der Waals surface area contributed by atoms with Gasteiger partial charge in [-0.15, -0.1) is 0 Å². The number of carbonyl (C=O) groups is 1. The zero-order chi connectivity index (χ0) is 22.3. The highest BCUT2D eigenvalue weighted by Crippen LogP contribution is 2.22. The second-order valence-electron chi connectivity index (χ2n) is 8.05. The number of hydrogen-bond donors (Lipinski definition) is 1. The zero-order valence-electron chi connectivity index (χ0n) is 18.2. The fraction of sp³-hybridized carbons (Fsp3) is 0.320. The molecule has 2 heterocycles. The minimum absolute atomic E-state index is 0.0379. The van der Waals surface area contributed by atoms with E-state index in [0.29, 0.717) is 19.6 Å². The molecule has 1 aliphatic heterocycles. The summed E-state index contributed by atoms with van der Waals surface area (Å²) in [5.74, 6) is 0.715. The van der Waals surface area contributed by atoms with E-state index < -0.39 is 0 Å². The highest BCUT2D eigenvalue weighted by atomic mass is 16.5. The maximum atomic E-state index is 12.8. The number of rotatable bonds is 7. The van der Waals surface area contributed by atoms with Gasteiger partial charge in [-0.05, 0) is 36.1 Å². The number of anilines is 1. The van der Waals surface area contributed by atoms with Crippen molar-refractivity contribution < 1.29 is 9.53 Å².